The van der Waals surface area contributed by atoms with Gasteiger partial charge in [-0.2, -0.15) is 0 Å². The third-order valence-electron chi connectivity index (χ3n) is 5.67. The number of hydrogen-bond donors (Lipinski definition) is 1. The molecule has 1 aliphatic rings. The second-order valence-corrected chi connectivity index (χ2v) is 7.56. The number of carbonyl (C=O) groups is 1. The Balaban J connectivity index is 1.43. The summed E-state index contributed by atoms with van der Waals surface area (Å²) in [6.45, 7) is 0. The molecule has 1 atom stereocenters. The van der Waals surface area contributed by atoms with Crippen molar-refractivity contribution in [3.05, 3.63) is 102 Å². The van der Waals surface area contributed by atoms with Gasteiger partial charge in [0.25, 0.3) is 5.91 Å². The first-order valence-electron chi connectivity index (χ1n) is 10.2. The number of aryl methyl sites for hydroxylation is 1. The average Bonchev–Trinajstić information content (AvgIpc) is 3.30. The maximum Gasteiger partial charge on any atom is 0.270 e. The van der Waals surface area contributed by atoms with Crippen molar-refractivity contribution in [2.75, 3.05) is 0 Å². The second-order valence-electron chi connectivity index (χ2n) is 7.56. The number of hydrogen-bond acceptors (Lipinski definition) is 3. The predicted molar refractivity (Wildman–Crippen MR) is 116 cm³/mol. The van der Waals surface area contributed by atoms with Gasteiger partial charge in [0.2, 0.25) is 0 Å². The smallest absolute Gasteiger partial charge is 0.270 e. The predicted octanol–water partition coefficient (Wildman–Crippen LogP) is 4.74. The molecule has 0 fully saturated rings. The van der Waals surface area contributed by atoms with Crippen LogP contribution >= 0.6 is 0 Å². The van der Waals surface area contributed by atoms with E-state index in [-0.39, 0.29) is 11.9 Å². The van der Waals surface area contributed by atoms with E-state index in [4.69, 9.17) is 0 Å². The van der Waals surface area contributed by atoms with Crippen molar-refractivity contribution in [3.63, 3.8) is 0 Å². The number of benzene rings is 2. The zero-order valence-corrected chi connectivity index (χ0v) is 16.5. The fourth-order valence-corrected chi connectivity index (χ4v) is 4.17. The van der Waals surface area contributed by atoms with E-state index in [1.165, 1.54) is 11.1 Å². The molecule has 0 saturated carbocycles. The van der Waals surface area contributed by atoms with Crippen LogP contribution in [0.2, 0.25) is 0 Å². The number of carbonyl (C=O) groups excluding carboxylic acids is 1. The zero-order valence-electron chi connectivity index (χ0n) is 16.5. The third-order valence-corrected chi connectivity index (χ3v) is 5.67. The van der Waals surface area contributed by atoms with E-state index >= 15 is 0 Å². The Morgan fingerprint density at radius 1 is 0.967 bits per heavy atom. The van der Waals surface area contributed by atoms with Crippen LogP contribution in [0.5, 0.6) is 0 Å². The van der Waals surface area contributed by atoms with Gasteiger partial charge >= 0.3 is 0 Å². The monoisotopic (exact) mass is 394 g/mol. The molecule has 4 aromatic rings. The Hall–Kier alpha value is -3.73. The standard InChI is InChI=1S/C25H22N4O/c30-25(28-23-12-4-7-18-6-1-2-11-22(18)23)24-16-27-17-29(24)21-10-3-8-19(14-21)20-9-5-13-26-15-20/h1-3,5-6,8-11,13-17,23H,4,7,12H2,(H,28,30). The molecule has 1 amide bonds. The summed E-state index contributed by atoms with van der Waals surface area (Å²) in [7, 11) is 0. The Morgan fingerprint density at radius 2 is 1.87 bits per heavy atom. The van der Waals surface area contributed by atoms with Crippen molar-refractivity contribution >= 4 is 5.91 Å². The van der Waals surface area contributed by atoms with Gasteiger partial charge in [0, 0.05) is 23.6 Å². The van der Waals surface area contributed by atoms with Crippen LogP contribution in [0.3, 0.4) is 0 Å². The van der Waals surface area contributed by atoms with Gasteiger partial charge in [0.05, 0.1) is 18.6 Å². The lowest BCUT2D eigenvalue weighted by molar-refractivity contribution is 0.0926. The Kier molecular flexibility index (Phi) is 4.85. The summed E-state index contributed by atoms with van der Waals surface area (Å²) in [5.74, 6) is -0.110. The maximum atomic E-state index is 13.2. The lowest BCUT2D eigenvalue weighted by Crippen LogP contribution is -2.32. The summed E-state index contributed by atoms with van der Waals surface area (Å²) in [6, 6.07) is 20.4. The van der Waals surface area contributed by atoms with Crippen molar-refractivity contribution in [1.82, 2.24) is 19.9 Å². The molecule has 0 radical (unpaired) electrons. The Labute approximate surface area is 175 Å². The van der Waals surface area contributed by atoms with Crippen LogP contribution in [0.1, 0.15) is 40.5 Å². The van der Waals surface area contributed by atoms with Crippen molar-refractivity contribution in [2.24, 2.45) is 0 Å². The molecule has 2 aromatic heterocycles. The van der Waals surface area contributed by atoms with E-state index < -0.39 is 0 Å². The van der Waals surface area contributed by atoms with E-state index in [2.05, 4.69) is 33.5 Å². The lowest BCUT2D eigenvalue weighted by Gasteiger charge is -2.26. The number of amides is 1. The fourth-order valence-electron chi connectivity index (χ4n) is 4.17. The highest BCUT2D eigenvalue weighted by Gasteiger charge is 2.23. The molecule has 5 heteroatoms. The molecule has 0 bridgehead atoms. The number of imidazole rings is 1. The van der Waals surface area contributed by atoms with E-state index in [0.717, 1.165) is 36.1 Å². The van der Waals surface area contributed by atoms with Crippen LogP contribution in [0.4, 0.5) is 0 Å². The van der Waals surface area contributed by atoms with E-state index in [1.54, 1.807) is 18.7 Å². The molecular weight excluding hydrogens is 372 g/mol. The number of rotatable bonds is 4. The molecular formula is C25H22N4O. The molecule has 0 aliphatic heterocycles. The number of aromatic nitrogens is 3. The van der Waals surface area contributed by atoms with Gasteiger partial charge in [0.1, 0.15) is 5.69 Å². The molecule has 1 aliphatic carbocycles. The fraction of sp³-hybridized carbons (Fsp3) is 0.160. The molecule has 1 N–H and O–H groups in total. The van der Waals surface area contributed by atoms with Crippen molar-refractivity contribution in [3.8, 4) is 16.8 Å². The maximum absolute atomic E-state index is 13.2. The lowest BCUT2D eigenvalue weighted by atomic mass is 9.88. The summed E-state index contributed by atoms with van der Waals surface area (Å²) in [5, 5.41) is 3.22. The average molecular weight is 394 g/mol. The van der Waals surface area contributed by atoms with Gasteiger partial charge in [-0.15, -0.1) is 0 Å². The number of fused-ring (bicyclic) bond motifs is 1. The summed E-state index contributed by atoms with van der Waals surface area (Å²) < 4.78 is 1.84. The van der Waals surface area contributed by atoms with Gasteiger partial charge in [0.15, 0.2) is 0 Å². The van der Waals surface area contributed by atoms with Gasteiger partial charge in [-0.05, 0) is 54.2 Å². The van der Waals surface area contributed by atoms with Crippen molar-refractivity contribution in [1.29, 1.82) is 0 Å². The normalized spacial score (nSPS) is 15.4. The quantitative estimate of drug-likeness (QED) is 0.544. The van der Waals surface area contributed by atoms with Crippen LogP contribution in [0.25, 0.3) is 16.8 Å². The molecule has 0 spiro atoms. The van der Waals surface area contributed by atoms with E-state index in [1.807, 2.05) is 53.2 Å². The first-order valence-corrected chi connectivity index (χ1v) is 10.2. The second kappa shape index (κ2) is 7.95. The minimum absolute atomic E-state index is 0.0347. The summed E-state index contributed by atoms with van der Waals surface area (Å²) >= 11 is 0. The first-order chi connectivity index (χ1) is 14.8. The SMILES string of the molecule is O=C(NC1CCCc2ccccc21)c1cncn1-c1cccc(-c2cccnc2)c1. The van der Waals surface area contributed by atoms with Gasteiger partial charge in [-0.1, -0.05) is 42.5 Å². The largest absolute Gasteiger partial charge is 0.344 e. The summed E-state index contributed by atoms with van der Waals surface area (Å²) in [5.41, 5.74) is 6.05. The molecule has 30 heavy (non-hydrogen) atoms. The Bertz CT molecular complexity index is 1180. The van der Waals surface area contributed by atoms with Crippen LogP contribution in [0.15, 0.2) is 85.6 Å². The van der Waals surface area contributed by atoms with Crippen molar-refractivity contribution < 1.29 is 4.79 Å². The Morgan fingerprint density at radius 3 is 2.77 bits per heavy atom. The highest BCUT2D eigenvalue weighted by atomic mass is 16.2. The van der Waals surface area contributed by atoms with Crippen LogP contribution < -0.4 is 5.32 Å². The molecule has 2 heterocycles. The minimum atomic E-state index is -0.110. The number of nitrogens with zero attached hydrogens (tertiary/aromatic N) is 3. The van der Waals surface area contributed by atoms with Crippen LogP contribution in [-0.2, 0) is 6.42 Å². The van der Waals surface area contributed by atoms with Crippen molar-refractivity contribution in [2.45, 2.75) is 25.3 Å². The molecule has 1 unspecified atom stereocenters. The first kappa shape index (κ1) is 18.3. The van der Waals surface area contributed by atoms with E-state index in [9.17, 15) is 4.79 Å². The number of pyridine rings is 1. The highest BCUT2D eigenvalue weighted by Crippen LogP contribution is 2.30. The summed E-state index contributed by atoms with van der Waals surface area (Å²) in [4.78, 5) is 21.6. The van der Waals surface area contributed by atoms with Crippen LogP contribution in [-0.4, -0.2) is 20.4 Å². The summed E-state index contributed by atoms with van der Waals surface area (Å²) in [6.07, 6.45) is 10.0. The minimum Gasteiger partial charge on any atom is -0.344 e. The van der Waals surface area contributed by atoms with E-state index in [0.29, 0.717) is 5.69 Å². The highest BCUT2D eigenvalue weighted by molar-refractivity contribution is 5.93. The molecule has 5 rings (SSSR count). The molecule has 0 saturated heterocycles. The zero-order chi connectivity index (χ0) is 20.3. The van der Waals surface area contributed by atoms with Gasteiger partial charge in [-0.3, -0.25) is 14.3 Å². The van der Waals surface area contributed by atoms with Gasteiger partial charge in [-0.25, -0.2) is 4.98 Å². The molecule has 148 valence electrons. The number of nitrogens with one attached hydrogen (secondary N) is 1. The molecule has 5 nitrogen and oxygen atoms in total. The van der Waals surface area contributed by atoms with Gasteiger partial charge < -0.3 is 5.32 Å². The molecule has 2 aromatic carbocycles. The third kappa shape index (κ3) is 3.50. The topological polar surface area (TPSA) is 59.8 Å². The van der Waals surface area contributed by atoms with Crippen LogP contribution in [0, 0.1) is 0 Å².